The van der Waals surface area contributed by atoms with Crippen LogP contribution in [0.25, 0.3) is 0 Å². The highest BCUT2D eigenvalue weighted by Crippen LogP contribution is 2.04. The van der Waals surface area contributed by atoms with Gasteiger partial charge in [-0.15, -0.1) is 0 Å². The van der Waals surface area contributed by atoms with Crippen molar-refractivity contribution in [2.75, 3.05) is 5.73 Å². The van der Waals surface area contributed by atoms with E-state index in [-0.39, 0.29) is 12.4 Å². The standard InChI is InChI=1S/C10H9N5O4/c11-8-3-1-2-6(12-8)4-14-5-7(15(18)19)9(16)13-10(14)17/h1-3,5H,4H2,(H2,11,12)(H,13,16,17). The number of H-pyrrole nitrogens is 1. The third-order valence-electron chi connectivity index (χ3n) is 2.35. The number of nitrogens with two attached hydrogens (primary N) is 1. The van der Waals surface area contributed by atoms with Crippen LogP contribution in [0.2, 0.25) is 0 Å². The topological polar surface area (TPSA) is 137 Å². The Bertz CT molecular complexity index is 748. The molecule has 2 aromatic rings. The first-order valence-electron chi connectivity index (χ1n) is 5.17. The van der Waals surface area contributed by atoms with Crippen LogP contribution < -0.4 is 17.0 Å². The molecular formula is C10H9N5O4. The van der Waals surface area contributed by atoms with Gasteiger partial charge in [0.05, 0.1) is 23.4 Å². The maximum atomic E-state index is 11.5. The second-order valence-electron chi connectivity index (χ2n) is 3.71. The summed E-state index contributed by atoms with van der Waals surface area (Å²) in [5, 5.41) is 10.6. The molecule has 9 heteroatoms. The first-order valence-corrected chi connectivity index (χ1v) is 5.17. The zero-order valence-corrected chi connectivity index (χ0v) is 9.57. The first kappa shape index (κ1) is 12.5. The van der Waals surface area contributed by atoms with Crippen LogP contribution in [0.15, 0.2) is 34.0 Å². The van der Waals surface area contributed by atoms with E-state index < -0.39 is 21.9 Å². The summed E-state index contributed by atoms with van der Waals surface area (Å²) in [5.74, 6) is 0.268. The highest BCUT2D eigenvalue weighted by molar-refractivity contribution is 5.29. The number of nitrogens with zero attached hydrogens (tertiary/aromatic N) is 3. The number of hydrogen-bond acceptors (Lipinski definition) is 6. The number of pyridine rings is 1. The zero-order chi connectivity index (χ0) is 14.0. The Kier molecular flexibility index (Phi) is 3.10. The van der Waals surface area contributed by atoms with Crippen molar-refractivity contribution in [2.24, 2.45) is 0 Å². The Balaban J connectivity index is 2.46. The number of nitro groups is 1. The molecule has 0 radical (unpaired) electrons. The van der Waals surface area contributed by atoms with Crippen molar-refractivity contribution >= 4 is 11.5 Å². The maximum absolute atomic E-state index is 11.5. The first-order chi connectivity index (χ1) is 8.97. The molecule has 0 amide bonds. The summed E-state index contributed by atoms with van der Waals surface area (Å²) in [6.45, 7) is -0.0263. The van der Waals surface area contributed by atoms with Crippen molar-refractivity contribution in [3.63, 3.8) is 0 Å². The quantitative estimate of drug-likeness (QED) is 0.564. The van der Waals surface area contributed by atoms with E-state index in [9.17, 15) is 19.7 Å². The normalized spacial score (nSPS) is 10.3. The summed E-state index contributed by atoms with van der Waals surface area (Å²) in [4.78, 5) is 38.3. The van der Waals surface area contributed by atoms with Gasteiger partial charge in [-0.05, 0) is 12.1 Å². The second kappa shape index (κ2) is 4.72. The molecule has 0 spiro atoms. The minimum atomic E-state index is -1.04. The predicted molar refractivity (Wildman–Crippen MR) is 65.7 cm³/mol. The molecule has 0 aliphatic heterocycles. The van der Waals surface area contributed by atoms with Crippen molar-refractivity contribution in [3.8, 4) is 0 Å². The van der Waals surface area contributed by atoms with Gasteiger partial charge < -0.3 is 5.73 Å². The largest absolute Gasteiger partial charge is 0.384 e. The molecule has 0 fully saturated rings. The number of anilines is 1. The number of rotatable bonds is 3. The van der Waals surface area contributed by atoms with Gasteiger partial charge in [0.1, 0.15) is 5.82 Å². The monoisotopic (exact) mass is 263 g/mol. The van der Waals surface area contributed by atoms with E-state index in [0.717, 1.165) is 10.8 Å². The fourth-order valence-electron chi connectivity index (χ4n) is 1.51. The van der Waals surface area contributed by atoms with E-state index >= 15 is 0 Å². The summed E-state index contributed by atoms with van der Waals surface area (Å²) in [6, 6.07) is 4.82. The Morgan fingerprint density at radius 3 is 2.79 bits per heavy atom. The molecular weight excluding hydrogens is 254 g/mol. The Morgan fingerprint density at radius 2 is 2.16 bits per heavy atom. The minimum Gasteiger partial charge on any atom is -0.384 e. The van der Waals surface area contributed by atoms with Crippen LogP contribution in [0.5, 0.6) is 0 Å². The van der Waals surface area contributed by atoms with Gasteiger partial charge in [0.25, 0.3) is 0 Å². The van der Waals surface area contributed by atoms with Gasteiger partial charge in [-0.1, -0.05) is 6.07 Å². The molecule has 0 saturated heterocycles. The molecule has 2 heterocycles. The lowest BCUT2D eigenvalue weighted by molar-refractivity contribution is -0.386. The van der Waals surface area contributed by atoms with Crippen molar-refractivity contribution in [3.05, 3.63) is 61.0 Å². The van der Waals surface area contributed by atoms with Gasteiger partial charge in [0, 0.05) is 0 Å². The molecule has 0 aliphatic carbocycles. The fourth-order valence-corrected chi connectivity index (χ4v) is 1.51. The number of hydrogen-bond donors (Lipinski definition) is 2. The van der Waals surface area contributed by atoms with E-state index in [0.29, 0.717) is 5.69 Å². The summed E-state index contributed by atoms with van der Waals surface area (Å²) in [6.07, 6.45) is 0.881. The van der Waals surface area contributed by atoms with Crippen LogP contribution >= 0.6 is 0 Å². The van der Waals surface area contributed by atoms with Crippen LogP contribution in [0.3, 0.4) is 0 Å². The van der Waals surface area contributed by atoms with Gasteiger partial charge >= 0.3 is 16.9 Å². The number of nitrogens with one attached hydrogen (secondary N) is 1. The molecule has 2 aromatic heterocycles. The van der Waals surface area contributed by atoms with Crippen molar-refractivity contribution in [1.82, 2.24) is 14.5 Å². The molecule has 3 N–H and O–H groups in total. The van der Waals surface area contributed by atoms with Gasteiger partial charge in [0.2, 0.25) is 0 Å². The van der Waals surface area contributed by atoms with E-state index in [1.54, 1.807) is 18.2 Å². The third-order valence-corrected chi connectivity index (χ3v) is 2.35. The highest BCUT2D eigenvalue weighted by Gasteiger charge is 2.15. The summed E-state index contributed by atoms with van der Waals surface area (Å²) in [5.41, 5.74) is 3.45. The number of nitrogen functional groups attached to an aromatic ring is 1. The van der Waals surface area contributed by atoms with Gasteiger partial charge in [-0.2, -0.15) is 0 Å². The van der Waals surface area contributed by atoms with Gasteiger partial charge in [0.15, 0.2) is 0 Å². The molecule has 98 valence electrons. The molecule has 0 aliphatic rings. The lowest BCUT2D eigenvalue weighted by Crippen LogP contribution is -2.31. The molecule has 0 saturated carbocycles. The predicted octanol–water partition coefficient (Wildman–Crippen LogP) is -0.530. The van der Waals surface area contributed by atoms with Crippen LogP contribution in [-0.2, 0) is 6.54 Å². The Morgan fingerprint density at radius 1 is 1.42 bits per heavy atom. The Labute approximate surface area is 105 Å². The summed E-state index contributed by atoms with van der Waals surface area (Å²) >= 11 is 0. The smallest absolute Gasteiger partial charge is 0.350 e. The molecule has 0 bridgehead atoms. The van der Waals surface area contributed by atoms with Crippen molar-refractivity contribution < 1.29 is 4.92 Å². The fraction of sp³-hybridized carbons (Fsp3) is 0.100. The molecule has 0 atom stereocenters. The molecule has 19 heavy (non-hydrogen) atoms. The molecule has 0 unspecified atom stereocenters. The van der Waals surface area contributed by atoms with Crippen LogP contribution in [0.4, 0.5) is 11.5 Å². The van der Waals surface area contributed by atoms with Gasteiger partial charge in [-0.25, -0.2) is 9.78 Å². The lowest BCUT2D eigenvalue weighted by atomic mass is 10.3. The number of aromatic amines is 1. The summed E-state index contributed by atoms with van der Waals surface area (Å²) < 4.78 is 0.987. The van der Waals surface area contributed by atoms with Crippen LogP contribution in [-0.4, -0.2) is 19.5 Å². The average Bonchev–Trinajstić information content (AvgIpc) is 2.32. The van der Waals surface area contributed by atoms with E-state index in [1.807, 2.05) is 4.98 Å². The second-order valence-corrected chi connectivity index (χ2v) is 3.71. The zero-order valence-electron chi connectivity index (χ0n) is 9.57. The Hall–Kier alpha value is -2.97. The third kappa shape index (κ3) is 2.65. The van der Waals surface area contributed by atoms with Crippen molar-refractivity contribution in [1.29, 1.82) is 0 Å². The molecule has 0 aromatic carbocycles. The van der Waals surface area contributed by atoms with Gasteiger partial charge in [-0.3, -0.25) is 24.5 Å². The van der Waals surface area contributed by atoms with Crippen LogP contribution in [0.1, 0.15) is 5.69 Å². The van der Waals surface area contributed by atoms with Crippen molar-refractivity contribution in [2.45, 2.75) is 6.54 Å². The van der Waals surface area contributed by atoms with E-state index in [1.165, 1.54) is 0 Å². The number of aromatic nitrogens is 3. The maximum Gasteiger partial charge on any atom is 0.350 e. The van der Waals surface area contributed by atoms with E-state index in [2.05, 4.69) is 4.98 Å². The molecule has 2 rings (SSSR count). The molecule has 9 nitrogen and oxygen atoms in total. The summed E-state index contributed by atoms with van der Waals surface area (Å²) in [7, 11) is 0. The SMILES string of the molecule is Nc1cccc(Cn2cc([N+](=O)[O-])c(=O)[nH]c2=O)n1. The lowest BCUT2D eigenvalue weighted by Gasteiger charge is -2.04. The van der Waals surface area contributed by atoms with E-state index in [4.69, 9.17) is 5.73 Å². The van der Waals surface area contributed by atoms with Crippen LogP contribution in [0, 0.1) is 10.1 Å². The highest BCUT2D eigenvalue weighted by atomic mass is 16.6. The minimum absolute atomic E-state index is 0.0263. The average molecular weight is 263 g/mol.